The van der Waals surface area contributed by atoms with Crippen molar-refractivity contribution in [2.45, 2.75) is 45.8 Å². The summed E-state index contributed by atoms with van der Waals surface area (Å²) in [5, 5.41) is 24.9. The van der Waals surface area contributed by atoms with E-state index in [-0.39, 0.29) is 54.7 Å². The van der Waals surface area contributed by atoms with Crippen LogP contribution in [0.15, 0.2) is 30.2 Å². The SMILES string of the molecule is CC[n+]1c(CNC(=O)c2nc(Cl)c(N)nc2N)n(CCO)c2cc(OCC(=O)NCCC[N+]3=CCCC(O)=C3)ccc21. The lowest BCUT2D eigenvalue weighted by Gasteiger charge is -2.08. The second-order valence-corrected chi connectivity index (χ2v) is 9.93. The largest absolute Gasteiger partial charge is 0.506 e. The van der Waals surface area contributed by atoms with Crippen LogP contribution in [-0.4, -0.2) is 73.7 Å². The topological polar surface area (TPSA) is 198 Å². The Morgan fingerprint density at radius 1 is 1.21 bits per heavy atom. The van der Waals surface area contributed by atoms with Crippen LogP contribution in [0.3, 0.4) is 0 Å². The van der Waals surface area contributed by atoms with E-state index >= 15 is 0 Å². The number of anilines is 2. The molecule has 8 N–H and O–H groups in total. The van der Waals surface area contributed by atoms with Gasteiger partial charge in [0.05, 0.1) is 13.2 Å². The molecule has 0 spiro atoms. The van der Waals surface area contributed by atoms with E-state index < -0.39 is 5.91 Å². The van der Waals surface area contributed by atoms with Crippen molar-refractivity contribution in [1.29, 1.82) is 0 Å². The predicted molar refractivity (Wildman–Crippen MR) is 156 cm³/mol. The lowest BCUT2D eigenvalue weighted by Crippen LogP contribution is -2.40. The Balaban J connectivity index is 1.41. The first kappa shape index (κ1) is 30.5. The first-order chi connectivity index (χ1) is 20.2. The molecule has 0 saturated heterocycles. The highest BCUT2D eigenvalue weighted by Gasteiger charge is 2.26. The average molecular weight is 602 g/mol. The number of nitrogen functional groups attached to an aromatic ring is 2. The van der Waals surface area contributed by atoms with Gasteiger partial charge in [0, 0.05) is 31.9 Å². The van der Waals surface area contributed by atoms with Crippen LogP contribution < -0.4 is 31.4 Å². The number of amides is 2. The average Bonchev–Trinajstić information content (AvgIpc) is 3.26. The Kier molecular flexibility index (Phi) is 10.1. The summed E-state index contributed by atoms with van der Waals surface area (Å²) in [4.78, 5) is 33.0. The molecule has 1 aliphatic rings. The number of rotatable bonds is 13. The van der Waals surface area contributed by atoms with Gasteiger partial charge in [0.1, 0.15) is 31.6 Å². The second-order valence-electron chi connectivity index (χ2n) is 9.57. The van der Waals surface area contributed by atoms with Crippen molar-refractivity contribution >= 4 is 52.3 Å². The fourth-order valence-corrected chi connectivity index (χ4v) is 4.87. The number of ether oxygens (including phenoxy) is 1. The molecule has 14 nitrogen and oxygen atoms in total. The van der Waals surface area contributed by atoms with Crippen LogP contribution in [0.5, 0.6) is 5.75 Å². The number of nitrogens with one attached hydrogen (secondary N) is 2. The monoisotopic (exact) mass is 601 g/mol. The van der Waals surface area contributed by atoms with Gasteiger partial charge in [-0.2, -0.15) is 0 Å². The number of aliphatic hydroxyl groups is 2. The van der Waals surface area contributed by atoms with Gasteiger partial charge >= 0.3 is 0 Å². The van der Waals surface area contributed by atoms with Crippen LogP contribution in [-0.2, 0) is 24.4 Å². The maximum Gasteiger partial charge on any atom is 0.277 e. The number of imidazole rings is 1. The normalized spacial score (nSPS) is 13.0. The molecule has 1 aromatic carbocycles. The van der Waals surface area contributed by atoms with E-state index in [9.17, 15) is 19.8 Å². The van der Waals surface area contributed by atoms with E-state index in [0.29, 0.717) is 49.8 Å². The third-order valence-electron chi connectivity index (χ3n) is 6.68. The molecule has 0 saturated carbocycles. The quantitative estimate of drug-likeness (QED) is 0.120. The Hall–Kier alpha value is -4.43. The second kappa shape index (κ2) is 14.0. The van der Waals surface area contributed by atoms with Crippen LogP contribution in [0.25, 0.3) is 11.0 Å². The van der Waals surface area contributed by atoms with Crippen molar-refractivity contribution in [3.05, 3.63) is 46.8 Å². The number of aryl methyl sites for hydroxylation is 1. The van der Waals surface area contributed by atoms with E-state index in [1.54, 1.807) is 18.3 Å². The molecule has 0 unspecified atom stereocenters. The third kappa shape index (κ3) is 7.25. The van der Waals surface area contributed by atoms with Crippen molar-refractivity contribution in [2.75, 3.05) is 37.8 Å². The summed E-state index contributed by atoms with van der Waals surface area (Å²) >= 11 is 5.92. The van der Waals surface area contributed by atoms with Crippen LogP contribution in [0.1, 0.15) is 42.5 Å². The maximum atomic E-state index is 12.8. The Labute approximate surface area is 247 Å². The van der Waals surface area contributed by atoms with Crippen LogP contribution in [0.2, 0.25) is 5.15 Å². The summed E-state index contributed by atoms with van der Waals surface area (Å²) in [6, 6.07) is 5.43. The molecule has 2 aromatic heterocycles. The van der Waals surface area contributed by atoms with E-state index in [4.69, 9.17) is 27.8 Å². The molecule has 0 atom stereocenters. The van der Waals surface area contributed by atoms with Crippen molar-refractivity contribution < 1.29 is 33.7 Å². The number of carbonyl (C=O) groups excluding carboxylic acids is 2. The number of benzene rings is 1. The molecule has 0 radical (unpaired) electrons. The van der Waals surface area contributed by atoms with Crippen LogP contribution in [0.4, 0.5) is 11.6 Å². The Morgan fingerprint density at radius 3 is 2.76 bits per heavy atom. The number of nitrogens with zero attached hydrogens (tertiary/aromatic N) is 5. The van der Waals surface area contributed by atoms with Crippen molar-refractivity contribution in [2.24, 2.45) is 0 Å². The molecule has 1 aliphatic heterocycles. The Bertz CT molecular complexity index is 1540. The van der Waals surface area contributed by atoms with E-state index in [1.165, 1.54) is 0 Å². The van der Waals surface area contributed by atoms with E-state index in [2.05, 4.69) is 20.6 Å². The molecule has 2 amide bonds. The lowest BCUT2D eigenvalue weighted by atomic mass is 10.2. The summed E-state index contributed by atoms with van der Waals surface area (Å²) < 4.78 is 11.6. The summed E-state index contributed by atoms with van der Waals surface area (Å²) in [5.41, 5.74) is 12.9. The summed E-state index contributed by atoms with van der Waals surface area (Å²) in [6.45, 7) is 3.77. The predicted octanol–water partition coefficient (Wildman–Crippen LogP) is 0.640. The number of carbonyl (C=O) groups is 2. The standard InChI is InChI=1S/C27H34ClN9O5/c1-2-36-19-7-6-18(42-16-21(40)31-8-4-10-35-9-3-5-17(39)15-35)13-20(19)37(11-12-38)22(36)14-32-27(41)23-25(29)34-26(30)24(28)33-23/h6-7,9,13,15,38H,2-5,8,10-12,14,16H2,1H3,(H5-2,29,30,31,32,34,39,40,41)/p+2. The van der Waals surface area contributed by atoms with Crippen molar-refractivity contribution in [3.8, 4) is 5.75 Å². The zero-order valence-electron chi connectivity index (χ0n) is 23.3. The number of nitrogens with two attached hydrogens (primary N) is 2. The zero-order chi connectivity index (χ0) is 30.2. The molecule has 0 bridgehead atoms. The van der Waals surface area contributed by atoms with Gasteiger partial charge in [-0.3, -0.25) is 9.59 Å². The molecule has 4 rings (SSSR count). The van der Waals surface area contributed by atoms with Gasteiger partial charge in [-0.15, -0.1) is 0 Å². The molecule has 0 aliphatic carbocycles. The van der Waals surface area contributed by atoms with Gasteiger partial charge in [-0.1, -0.05) is 11.6 Å². The number of aliphatic hydroxyl groups excluding tert-OH is 2. The highest BCUT2D eigenvalue weighted by molar-refractivity contribution is 6.31. The smallest absolute Gasteiger partial charge is 0.277 e. The molecule has 3 heterocycles. The summed E-state index contributed by atoms with van der Waals surface area (Å²) in [5.74, 6) is 0.519. The minimum atomic E-state index is -0.580. The van der Waals surface area contributed by atoms with Gasteiger partial charge in [0.15, 0.2) is 45.9 Å². The molecule has 0 fully saturated rings. The molecule has 3 aromatic rings. The number of allylic oxidation sites excluding steroid dienone is 1. The zero-order valence-corrected chi connectivity index (χ0v) is 24.1. The van der Waals surface area contributed by atoms with Crippen LogP contribution in [0, 0.1) is 0 Å². The van der Waals surface area contributed by atoms with Gasteiger partial charge in [0.2, 0.25) is 6.20 Å². The van der Waals surface area contributed by atoms with Gasteiger partial charge in [0.25, 0.3) is 17.6 Å². The lowest BCUT2D eigenvalue weighted by molar-refractivity contribution is -0.676. The highest BCUT2D eigenvalue weighted by Crippen LogP contribution is 2.22. The van der Waals surface area contributed by atoms with E-state index in [1.807, 2.05) is 32.9 Å². The minimum absolute atomic E-state index is 0.0701. The van der Waals surface area contributed by atoms with Gasteiger partial charge in [-0.25, -0.2) is 23.7 Å². The summed E-state index contributed by atoms with van der Waals surface area (Å²) in [7, 11) is 0. The van der Waals surface area contributed by atoms with Gasteiger partial charge < -0.3 is 37.1 Å². The summed E-state index contributed by atoms with van der Waals surface area (Å²) in [6.07, 6.45) is 5.90. The fourth-order valence-electron chi connectivity index (χ4n) is 4.74. The Morgan fingerprint density at radius 2 is 2.02 bits per heavy atom. The van der Waals surface area contributed by atoms with E-state index in [0.717, 1.165) is 17.5 Å². The van der Waals surface area contributed by atoms with Gasteiger partial charge in [-0.05, 0) is 19.1 Å². The molecular formula is C27H36ClN9O5+2. The molecular weight excluding hydrogens is 566 g/mol. The number of fused-ring (bicyclic) bond motifs is 1. The number of halogens is 1. The number of hydrogen-bond donors (Lipinski definition) is 6. The fraction of sp³-hybridized carbons (Fsp3) is 0.407. The molecule has 42 heavy (non-hydrogen) atoms. The van der Waals surface area contributed by atoms with Crippen LogP contribution >= 0.6 is 11.6 Å². The minimum Gasteiger partial charge on any atom is -0.506 e. The van der Waals surface area contributed by atoms with Crippen molar-refractivity contribution in [3.63, 3.8) is 0 Å². The molecule has 224 valence electrons. The number of hydrogen-bond acceptors (Lipinski definition) is 9. The molecule has 15 heteroatoms. The highest BCUT2D eigenvalue weighted by atomic mass is 35.5. The third-order valence-corrected chi connectivity index (χ3v) is 6.96. The van der Waals surface area contributed by atoms with Crippen molar-refractivity contribution in [1.82, 2.24) is 25.2 Å². The first-order valence-electron chi connectivity index (χ1n) is 13.6. The maximum absolute atomic E-state index is 12.8. The first-order valence-corrected chi connectivity index (χ1v) is 14.0. The number of aromatic nitrogens is 4.